The second kappa shape index (κ2) is 9.89. The number of carbonyl (C=O) groups excluding carboxylic acids is 2. The van der Waals surface area contributed by atoms with Crippen LogP contribution in [0.3, 0.4) is 0 Å². The molecule has 13 heteroatoms. The predicted octanol–water partition coefficient (Wildman–Crippen LogP) is -2.40. The van der Waals surface area contributed by atoms with Gasteiger partial charge >= 0.3 is 19.5 Å². The van der Waals surface area contributed by atoms with Crippen LogP contribution in [0, 0.1) is 0 Å². The summed E-state index contributed by atoms with van der Waals surface area (Å²) in [6, 6.07) is -4.28. The summed E-state index contributed by atoms with van der Waals surface area (Å²) in [5.74, 6) is -4.90. The van der Waals surface area contributed by atoms with Crippen molar-refractivity contribution in [1.82, 2.24) is 10.6 Å². The van der Waals surface area contributed by atoms with Gasteiger partial charge in [0.15, 0.2) is 0 Å². The first-order valence-electron chi connectivity index (χ1n) is 6.85. The fourth-order valence-corrected chi connectivity index (χ4v) is 1.86. The van der Waals surface area contributed by atoms with Crippen molar-refractivity contribution in [2.45, 2.75) is 31.5 Å². The van der Waals surface area contributed by atoms with Gasteiger partial charge in [0.05, 0.1) is 18.6 Å². The van der Waals surface area contributed by atoms with Gasteiger partial charge in [0.1, 0.15) is 12.1 Å². The van der Waals surface area contributed by atoms with Crippen LogP contribution >= 0.6 is 7.60 Å². The average molecular weight is 381 g/mol. The molecule has 0 aromatic heterocycles. The monoisotopic (exact) mass is 381 g/mol. The van der Waals surface area contributed by atoms with E-state index in [0.717, 1.165) is 12.2 Å². The lowest BCUT2D eigenvalue weighted by Crippen LogP contribution is -2.54. The highest BCUT2D eigenvalue weighted by Crippen LogP contribution is 2.33. The summed E-state index contributed by atoms with van der Waals surface area (Å²) in [5.41, 5.74) is 5.30. The molecule has 0 fully saturated rings. The molecule has 12 nitrogen and oxygen atoms in total. The highest BCUT2D eigenvalue weighted by atomic mass is 31.2. The molecule has 142 valence electrons. The highest BCUT2D eigenvalue weighted by Gasteiger charge is 2.28. The largest absolute Gasteiger partial charge is 0.481 e. The van der Waals surface area contributed by atoms with Gasteiger partial charge in [-0.3, -0.25) is 18.9 Å². The molecule has 0 heterocycles. The van der Waals surface area contributed by atoms with E-state index in [4.69, 9.17) is 25.7 Å². The van der Waals surface area contributed by atoms with Gasteiger partial charge in [-0.05, 0) is 6.92 Å². The lowest BCUT2D eigenvalue weighted by atomic mass is 10.1. The van der Waals surface area contributed by atoms with Crippen molar-refractivity contribution in [1.29, 1.82) is 0 Å². The Kier molecular flexibility index (Phi) is 8.99. The molecule has 3 atom stereocenters. The maximum absolute atomic E-state index is 12.0. The zero-order valence-corrected chi connectivity index (χ0v) is 14.1. The summed E-state index contributed by atoms with van der Waals surface area (Å²) in [6.07, 6.45) is 0.132. The first kappa shape index (κ1) is 22.7. The molecule has 0 aliphatic heterocycles. The van der Waals surface area contributed by atoms with Crippen molar-refractivity contribution >= 4 is 31.3 Å². The van der Waals surface area contributed by atoms with E-state index in [2.05, 4.69) is 5.32 Å². The van der Waals surface area contributed by atoms with Crippen LogP contribution in [-0.2, 0) is 23.7 Å². The molecular weight excluding hydrogens is 361 g/mol. The van der Waals surface area contributed by atoms with Gasteiger partial charge < -0.3 is 36.4 Å². The summed E-state index contributed by atoms with van der Waals surface area (Å²) >= 11 is 0. The second-order valence-electron chi connectivity index (χ2n) is 5.05. The molecular formula is C12H20N3O9P. The van der Waals surface area contributed by atoms with E-state index in [1.54, 1.807) is 0 Å². The van der Waals surface area contributed by atoms with Gasteiger partial charge in [-0.25, -0.2) is 4.79 Å². The molecule has 0 aromatic carbocycles. The minimum atomic E-state index is -4.40. The van der Waals surface area contributed by atoms with E-state index >= 15 is 0 Å². The maximum atomic E-state index is 12.0. The molecule has 0 rings (SSSR count). The first-order valence-corrected chi connectivity index (χ1v) is 8.65. The Labute approximate surface area is 142 Å². The fourth-order valence-electron chi connectivity index (χ4n) is 1.47. The van der Waals surface area contributed by atoms with E-state index in [9.17, 15) is 23.7 Å². The van der Waals surface area contributed by atoms with Crippen molar-refractivity contribution in [3.63, 3.8) is 0 Å². The average Bonchev–Trinajstić information content (AvgIpc) is 2.43. The number of nitrogens with one attached hydrogen (secondary N) is 2. The summed E-state index contributed by atoms with van der Waals surface area (Å²) in [6.45, 7) is 1.30. The third-order valence-corrected chi connectivity index (χ3v) is 3.35. The Morgan fingerprint density at radius 3 is 2.08 bits per heavy atom. The Hall–Kier alpha value is -2.27. The van der Waals surface area contributed by atoms with E-state index in [-0.39, 0.29) is 0 Å². The van der Waals surface area contributed by atoms with Crippen molar-refractivity contribution < 1.29 is 43.7 Å². The minimum absolute atomic E-state index is 0.743. The van der Waals surface area contributed by atoms with Crippen LogP contribution in [-0.4, -0.2) is 68.0 Å². The van der Waals surface area contributed by atoms with Gasteiger partial charge in [-0.2, -0.15) is 0 Å². The van der Waals surface area contributed by atoms with Crippen molar-refractivity contribution in [2.24, 2.45) is 5.73 Å². The number of carboxylic acid groups (broad SMARTS) is 2. The van der Waals surface area contributed by atoms with Crippen LogP contribution in [0.2, 0.25) is 0 Å². The smallest absolute Gasteiger partial charge is 0.330 e. The van der Waals surface area contributed by atoms with Crippen molar-refractivity contribution in [2.75, 3.05) is 6.16 Å². The van der Waals surface area contributed by atoms with E-state index in [0.29, 0.717) is 0 Å². The van der Waals surface area contributed by atoms with E-state index in [1.165, 1.54) is 6.92 Å². The summed E-state index contributed by atoms with van der Waals surface area (Å²) < 4.78 is 10.7. The zero-order chi connectivity index (χ0) is 19.8. The van der Waals surface area contributed by atoms with Gasteiger partial charge in [0, 0.05) is 0 Å². The van der Waals surface area contributed by atoms with Gasteiger partial charge in [0.2, 0.25) is 11.8 Å². The molecule has 0 aromatic rings. The molecule has 0 aliphatic carbocycles. The van der Waals surface area contributed by atoms with Crippen LogP contribution in [0.4, 0.5) is 0 Å². The predicted molar refractivity (Wildman–Crippen MR) is 83.5 cm³/mol. The molecule has 25 heavy (non-hydrogen) atoms. The Balaban J connectivity index is 5.12. The Morgan fingerprint density at radius 1 is 1.12 bits per heavy atom. The lowest BCUT2D eigenvalue weighted by molar-refractivity contribution is -0.142. The molecule has 8 N–H and O–H groups in total. The van der Waals surface area contributed by atoms with Crippen LogP contribution < -0.4 is 16.4 Å². The third-order valence-electron chi connectivity index (χ3n) is 2.66. The summed E-state index contributed by atoms with van der Waals surface area (Å²) in [4.78, 5) is 62.8. The summed E-state index contributed by atoms with van der Waals surface area (Å²) in [7, 11) is -4.40. The SMILES string of the molecule is C[C@H](N)C(=O)N[C@@H](CC(=O)O)C(=O)N[C@H](/C=C/CP(=O)(O)O)C(=O)O. The van der Waals surface area contributed by atoms with Gasteiger partial charge in [-0.1, -0.05) is 12.2 Å². The van der Waals surface area contributed by atoms with Crippen molar-refractivity contribution in [3.05, 3.63) is 12.2 Å². The van der Waals surface area contributed by atoms with Crippen molar-refractivity contribution in [3.8, 4) is 0 Å². The number of carbonyl (C=O) groups is 4. The number of nitrogens with two attached hydrogens (primary N) is 1. The maximum Gasteiger partial charge on any atom is 0.330 e. The van der Waals surface area contributed by atoms with Gasteiger partial charge in [0.25, 0.3) is 0 Å². The number of allylic oxidation sites excluding steroid dienone is 1. The number of amides is 2. The number of hydrogen-bond donors (Lipinski definition) is 7. The number of aliphatic carboxylic acids is 2. The van der Waals surface area contributed by atoms with Crippen LogP contribution in [0.1, 0.15) is 13.3 Å². The fraction of sp³-hybridized carbons (Fsp3) is 0.500. The van der Waals surface area contributed by atoms with Gasteiger partial charge in [-0.15, -0.1) is 0 Å². The minimum Gasteiger partial charge on any atom is -0.481 e. The number of carboxylic acids is 2. The van der Waals surface area contributed by atoms with Crippen LogP contribution in [0.5, 0.6) is 0 Å². The normalized spacial score (nSPS) is 15.2. The molecule has 0 saturated carbocycles. The van der Waals surface area contributed by atoms with E-state index in [1.807, 2.05) is 5.32 Å². The Morgan fingerprint density at radius 2 is 1.68 bits per heavy atom. The van der Waals surface area contributed by atoms with E-state index < -0.39 is 62.1 Å². The topological polar surface area (TPSA) is 216 Å². The first-order chi connectivity index (χ1) is 11.3. The number of rotatable bonds is 10. The standard InChI is InChI=1S/C12H20N3O9P/c1-6(13)10(18)15-8(5-9(16)17)11(19)14-7(12(20)21)3-2-4-25(22,23)24/h2-3,6-8H,4-5,13H2,1H3,(H,14,19)(H,15,18)(H,16,17)(H,20,21)(H2,22,23,24)/b3-2+/t6-,7+,8-/m0/s1. The molecule has 0 radical (unpaired) electrons. The molecule has 0 spiro atoms. The third kappa shape index (κ3) is 10.2. The Bertz CT molecular complexity index is 599. The molecule has 0 bridgehead atoms. The molecule has 2 amide bonds. The molecule has 0 saturated heterocycles. The molecule has 0 aliphatic rings. The zero-order valence-electron chi connectivity index (χ0n) is 13.2. The second-order valence-corrected chi connectivity index (χ2v) is 6.74. The summed E-state index contributed by atoms with van der Waals surface area (Å²) in [5, 5.41) is 21.8. The lowest BCUT2D eigenvalue weighted by Gasteiger charge is -2.20. The number of hydrogen-bond acceptors (Lipinski definition) is 6. The quantitative estimate of drug-likeness (QED) is 0.157. The highest BCUT2D eigenvalue weighted by molar-refractivity contribution is 7.51. The van der Waals surface area contributed by atoms with Crippen LogP contribution in [0.15, 0.2) is 12.2 Å². The molecule has 0 unspecified atom stereocenters. The van der Waals surface area contributed by atoms with Crippen LogP contribution in [0.25, 0.3) is 0 Å².